The first kappa shape index (κ1) is 18.6. The first-order chi connectivity index (χ1) is 14.1. The summed E-state index contributed by atoms with van der Waals surface area (Å²) >= 11 is 0. The monoisotopic (exact) mass is 383 g/mol. The zero-order chi connectivity index (χ0) is 20.4. The molecule has 0 spiro atoms. The third-order valence-corrected chi connectivity index (χ3v) is 5.20. The number of rotatable bonds is 4. The second kappa shape index (κ2) is 7.72. The Morgan fingerprint density at radius 3 is 2.03 bits per heavy atom. The van der Waals surface area contributed by atoms with Crippen molar-refractivity contribution in [3.8, 4) is 11.1 Å². The van der Waals surface area contributed by atoms with E-state index in [0.717, 1.165) is 26.8 Å². The number of aromatic nitrogens is 3. The molecule has 5 nitrogen and oxygen atoms in total. The van der Waals surface area contributed by atoms with Crippen LogP contribution < -0.4 is 11.2 Å². The molecule has 0 bridgehead atoms. The fraction of sp³-hybridized carbons (Fsp3) is 0.125. The van der Waals surface area contributed by atoms with Gasteiger partial charge in [0.2, 0.25) is 0 Å². The van der Waals surface area contributed by atoms with E-state index >= 15 is 0 Å². The first-order valence-corrected chi connectivity index (χ1v) is 9.42. The highest BCUT2D eigenvalue weighted by molar-refractivity contribution is 5.69. The van der Waals surface area contributed by atoms with E-state index in [9.17, 15) is 9.59 Å². The Bertz CT molecular complexity index is 1220. The van der Waals surface area contributed by atoms with Gasteiger partial charge in [-0.2, -0.15) is 0 Å². The molecule has 0 aliphatic rings. The van der Waals surface area contributed by atoms with Crippen molar-refractivity contribution in [1.29, 1.82) is 0 Å². The molecule has 2 aromatic heterocycles. The number of nitrogens with zero attached hydrogens (tertiary/aromatic N) is 2. The number of pyridine rings is 1. The Hall–Kier alpha value is -3.73. The fourth-order valence-corrected chi connectivity index (χ4v) is 3.66. The zero-order valence-corrected chi connectivity index (χ0v) is 16.3. The number of hydrogen-bond acceptors (Lipinski definition) is 3. The third kappa shape index (κ3) is 3.43. The Labute approximate surface area is 168 Å². The van der Waals surface area contributed by atoms with Gasteiger partial charge in [-0.15, -0.1) is 0 Å². The molecule has 0 atom stereocenters. The van der Waals surface area contributed by atoms with Crippen LogP contribution in [0.3, 0.4) is 0 Å². The number of benzene rings is 2. The average molecular weight is 383 g/mol. The van der Waals surface area contributed by atoms with E-state index < -0.39 is 5.69 Å². The van der Waals surface area contributed by atoms with Crippen LogP contribution in [-0.2, 0) is 7.05 Å². The molecule has 0 saturated carbocycles. The summed E-state index contributed by atoms with van der Waals surface area (Å²) in [5.41, 5.74) is 3.89. The Balaban J connectivity index is 2.10. The predicted molar refractivity (Wildman–Crippen MR) is 114 cm³/mol. The molecule has 0 amide bonds. The number of aromatic amines is 1. The molecule has 5 heteroatoms. The summed E-state index contributed by atoms with van der Waals surface area (Å²) in [4.78, 5) is 33.0. The molecule has 2 aromatic carbocycles. The van der Waals surface area contributed by atoms with Gasteiger partial charge in [0.05, 0.1) is 11.5 Å². The van der Waals surface area contributed by atoms with Crippen molar-refractivity contribution in [2.75, 3.05) is 0 Å². The molecule has 2 heterocycles. The molecule has 0 saturated heterocycles. The molecular formula is C24H21N3O2. The van der Waals surface area contributed by atoms with E-state index in [1.807, 2.05) is 73.7 Å². The van der Waals surface area contributed by atoms with Gasteiger partial charge in [-0.3, -0.25) is 14.3 Å². The predicted octanol–water partition coefficient (Wildman–Crippen LogP) is 3.62. The molecule has 4 rings (SSSR count). The van der Waals surface area contributed by atoms with Crippen LogP contribution in [0.4, 0.5) is 0 Å². The third-order valence-electron chi connectivity index (χ3n) is 5.20. The summed E-state index contributed by atoms with van der Waals surface area (Å²) in [6.45, 7) is 1.94. The van der Waals surface area contributed by atoms with Gasteiger partial charge >= 0.3 is 5.69 Å². The van der Waals surface area contributed by atoms with E-state index in [1.54, 1.807) is 12.4 Å². The van der Waals surface area contributed by atoms with Crippen LogP contribution in [-0.4, -0.2) is 14.5 Å². The normalized spacial score (nSPS) is 11.0. The van der Waals surface area contributed by atoms with Crippen molar-refractivity contribution in [2.45, 2.75) is 12.8 Å². The van der Waals surface area contributed by atoms with Crippen molar-refractivity contribution in [3.63, 3.8) is 0 Å². The Morgan fingerprint density at radius 2 is 1.48 bits per heavy atom. The minimum absolute atomic E-state index is 0.298. The lowest BCUT2D eigenvalue weighted by Gasteiger charge is -2.22. The van der Waals surface area contributed by atoms with Crippen molar-refractivity contribution < 1.29 is 0 Å². The van der Waals surface area contributed by atoms with Crippen molar-refractivity contribution >= 4 is 0 Å². The molecule has 1 N–H and O–H groups in total. The van der Waals surface area contributed by atoms with E-state index in [2.05, 4.69) is 9.97 Å². The molecule has 0 unspecified atom stereocenters. The molecule has 0 aliphatic carbocycles. The van der Waals surface area contributed by atoms with Crippen LogP contribution in [0.25, 0.3) is 11.1 Å². The minimum atomic E-state index is -0.438. The molecule has 0 aliphatic heterocycles. The lowest BCUT2D eigenvalue weighted by atomic mass is 9.84. The standard InChI is InChI=1S/C24H21N3O2/c1-16-13-14-25-15-19(16)21-22(26-24(29)27(2)23(21)28)20(17-9-5-3-6-10-17)18-11-7-4-8-12-18/h3-15,20H,1-2H3,(H,26,29). The highest BCUT2D eigenvalue weighted by Gasteiger charge is 2.25. The summed E-state index contributed by atoms with van der Waals surface area (Å²) in [5.74, 6) is -0.298. The number of aryl methyl sites for hydroxylation is 1. The smallest absolute Gasteiger partial charge is 0.309 e. The molecule has 0 fully saturated rings. The van der Waals surface area contributed by atoms with Crippen LogP contribution in [0.2, 0.25) is 0 Å². The summed E-state index contributed by atoms with van der Waals surface area (Å²) in [6.07, 6.45) is 3.38. The topological polar surface area (TPSA) is 67.8 Å². The minimum Gasteiger partial charge on any atom is -0.309 e. The quantitative estimate of drug-likeness (QED) is 0.585. The van der Waals surface area contributed by atoms with E-state index in [-0.39, 0.29) is 11.5 Å². The molecular weight excluding hydrogens is 362 g/mol. The van der Waals surface area contributed by atoms with Gasteiger partial charge in [0.1, 0.15) is 0 Å². The van der Waals surface area contributed by atoms with Crippen molar-refractivity contribution in [2.24, 2.45) is 7.05 Å². The van der Waals surface area contributed by atoms with Gasteiger partial charge in [-0.25, -0.2) is 4.79 Å². The number of hydrogen-bond donors (Lipinski definition) is 1. The summed E-state index contributed by atoms with van der Waals surface area (Å²) in [7, 11) is 1.49. The lowest BCUT2D eigenvalue weighted by Crippen LogP contribution is -2.36. The number of nitrogens with one attached hydrogen (secondary N) is 1. The Morgan fingerprint density at radius 1 is 0.897 bits per heavy atom. The van der Waals surface area contributed by atoms with Gasteiger partial charge in [-0.05, 0) is 29.7 Å². The van der Waals surface area contributed by atoms with Gasteiger partial charge in [0, 0.05) is 30.7 Å². The second-order valence-corrected chi connectivity index (χ2v) is 7.03. The SMILES string of the molecule is Cc1ccncc1-c1c(C(c2ccccc2)c2ccccc2)[nH]c(=O)n(C)c1=O. The van der Waals surface area contributed by atoms with Crippen LogP contribution in [0.5, 0.6) is 0 Å². The molecule has 29 heavy (non-hydrogen) atoms. The maximum atomic E-state index is 13.2. The van der Waals surface area contributed by atoms with Gasteiger partial charge < -0.3 is 4.98 Å². The highest BCUT2D eigenvalue weighted by Crippen LogP contribution is 2.35. The largest absolute Gasteiger partial charge is 0.328 e. The van der Waals surface area contributed by atoms with E-state index in [0.29, 0.717) is 11.3 Å². The Kier molecular flexibility index (Phi) is 4.96. The van der Waals surface area contributed by atoms with Crippen LogP contribution in [0, 0.1) is 6.92 Å². The lowest BCUT2D eigenvalue weighted by molar-refractivity contribution is 0.747. The zero-order valence-electron chi connectivity index (χ0n) is 16.3. The van der Waals surface area contributed by atoms with Crippen molar-refractivity contribution in [3.05, 3.63) is 122 Å². The van der Waals surface area contributed by atoms with Gasteiger partial charge in [0.15, 0.2) is 0 Å². The van der Waals surface area contributed by atoms with Crippen LogP contribution >= 0.6 is 0 Å². The summed E-state index contributed by atoms with van der Waals surface area (Å²) < 4.78 is 1.11. The second-order valence-electron chi connectivity index (χ2n) is 7.03. The maximum absolute atomic E-state index is 13.2. The highest BCUT2D eigenvalue weighted by atomic mass is 16.2. The van der Waals surface area contributed by atoms with Crippen LogP contribution in [0.15, 0.2) is 88.7 Å². The summed E-state index contributed by atoms with van der Waals surface area (Å²) in [5, 5.41) is 0. The number of H-pyrrole nitrogens is 1. The fourth-order valence-electron chi connectivity index (χ4n) is 3.66. The average Bonchev–Trinajstić information content (AvgIpc) is 2.75. The van der Waals surface area contributed by atoms with Crippen molar-refractivity contribution in [1.82, 2.24) is 14.5 Å². The van der Waals surface area contributed by atoms with Gasteiger partial charge in [0.25, 0.3) is 5.56 Å². The first-order valence-electron chi connectivity index (χ1n) is 9.42. The molecule has 4 aromatic rings. The summed E-state index contributed by atoms with van der Waals surface area (Å²) in [6, 6.07) is 21.6. The van der Waals surface area contributed by atoms with Crippen LogP contribution in [0.1, 0.15) is 28.3 Å². The molecule has 0 radical (unpaired) electrons. The molecule has 144 valence electrons. The maximum Gasteiger partial charge on any atom is 0.328 e. The van der Waals surface area contributed by atoms with E-state index in [1.165, 1.54) is 7.05 Å². The van der Waals surface area contributed by atoms with Gasteiger partial charge in [-0.1, -0.05) is 60.7 Å². The van der Waals surface area contributed by atoms with E-state index in [4.69, 9.17) is 0 Å².